The number of nitrogens with zero attached hydrogens (tertiary/aromatic N) is 3. The molecule has 0 spiro atoms. The first-order valence-corrected chi connectivity index (χ1v) is 11.3. The van der Waals surface area contributed by atoms with E-state index in [1.54, 1.807) is 30.1 Å². The number of benzene rings is 2. The fraction of sp³-hybridized carbons (Fsp3) is 0.154. The number of anilines is 1. The summed E-state index contributed by atoms with van der Waals surface area (Å²) in [6, 6.07) is 21.4. The number of aromatic nitrogens is 2. The summed E-state index contributed by atoms with van der Waals surface area (Å²) in [4.78, 5) is 6.50. The lowest BCUT2D eigenvalue weighted by molar-refractivity contribution is -0.137. The van der Waals surface area contributed by atoms with Gasteiger partial charge in [-0.15, -0.1) is 0 Å². The maximum atomic E-state index is 13.4. The van der Waals surface area contributed by atoms with Gasteiger partial charge < -0.3 is 19.5 Å². The number of rotatable bonds is 5. The van der Waals surface area contributed by atoms with Crippen molar-refractivity contribution in [1.82, 2.24) is 14.9 Å². The summed E-state index contributed by atoms with van der Waals surface area (Å²) in [6.07, 6.45) is -0.974. The van der Waals surface area contributed by atoms with Crippen LogP contribution in [0.1, 0.15) is 29.0 Å². The van der Waals surface area contributed by atoms with E-state index in [4.69, 9.17) is 17.0 Å². The lowest BCUT2D eigenvalue weighted by atomic mass is 10.0. The maximum absolute atomic E-state index is 13.4. The van der Waals surface area contributed by atoms with Crippen molar-refractivity contribution in [3.63, 3.8) is 0 Å². The molecule has 2 aromatic carbocycles. The van der Waals surface area contributed by atoms with Gasteiger partial charge in [-0.05, 0) is 78.9 Å². The topological polar surface area (TPSA) is 42.3 Å². The van der Waals surface area contributed by atoms with E-state index in [9.17, 15) is 13.2 Å². The minimum Gasteiger partial charge on any atom is -0.497 e. The van der Waals surface area contributed by atoms with Crippen LogP contribution in [0.4, 0.5) is 18.9 Å². The van der Waals surface area contributed by atoms with Crippen LogP contribution in [0.25, 0.3) is 5.69 Å². The second-order valence-electron chi connectivity index (χ2n) is 8.05. The number of methoxy groups -OCH3 is 1. The van der Waals surface area contributed by atoms with Gasteiger partial charge >= 0.3 is 6.18 Å². The van der Waals surface area contributed by atoms with Gasteiger partial charge in [0.05, 0.1) is 24.4 Å². The van der Waals surface area contributed by atoms with E-state index in [1.165, 1.54) is 6.07 Å². The Morgan fingerprint density at radius 2 is 1.74 bits per heavy atom. The summed E-state index contributed by atoms with van der Waals surface area (Å²) in [7, 11) is 1.60. The zero-order chi connectivity index (χ0) is 24.6. The average Bonchev–Trinajstić information content (AvgIpc) is 3.48. The Hall–Kier alpha value is -3.85. The highest BCUT2D eigenvalue weighted by atomic mass is 32.1. The van der Waals surface area contributed by atoms with Gasteiger partial charge in [0.15, 0.2) is 5.11 Å². The quantitative estimate of drug-likeness (QED) is 0.341. The number of thiocarbonyl (C=S) groups is 1. The van der Waals surface area contributed by atoms with Gasteiger partial charge in [-0.2, -0.15) is 13.2 Å². The second kappa shape index (κ2) is 9.07. The Morgan fingerprint density at radius 3 is 2.43 bits per heavy atom. The minimum absolute atomic E-state index is 0.328. The molecule has 1 aliphatic heterocycles. The molecule has 0 amide bonds. The highest BCUT2D eigenvalue weighted by Gasteiger charge is 2.42. The van der Waals surface area contributed by atoms with Crippen LogP contribution in [-0.2, 0) is 6.18 Å². The summed E-state index contributed by atoms with van der Waals surface area (Å²) in [5, 5.41) is 3.86. The van der Waals surface area contributed by atoms with Crippen LogP contribution in [0.2, 0.25) is 0 Å². The van der Waals surface area contributed by atoms with Crippen LogP contribution in [0, 0.1) is 0 Å². The van der Waals surface area contributed by atoms with Crippen molar-refractivity contribution in [2.75, 3.05) is 12.0 Å². The lowest BCUT2D eigenvalue weighted by Gasteiger charge is -2.29. The number of alkyl halides is 3. The predicted molar refractivity (Wildman–Crippen MR) is 132 cm³/mol. The second-order valence-corrected chi connectivity index (χ2v) is 8.43. The van der Waals surface area contributed by atoms with Crippen LogP contribution in [0.3, 0.4) is 0 Å². The monoisotopic (exact) mass is 494 g/mol. The van der Waals surface area contributed by atoms with Crippen molar-refractivity contribution in [2.24, 2.45) is 0 Å². The van der Waals surface area contributed by atoms with Crippen molar-refractivity contribution >= 4 is 23.0 Å². The van der Waals surface area contributed by atoms with Gasteiger partial charge in [0.1, 0.15) is 11.8 Å². The van der Waals surface area contributed by atoms with E-state index >= 15 is 0 Å². The summed E-state index contributed by atoms with van der Waals surface area (Å²) in [5.41, 5.74) is 2.06. The normalized spacial score (nSPS) is 17.9. The number of nitrogens with one attached hydrogen (secondary N) is 1. The van der Waals surface area contributed by atoms with Gasteiger partial charge in [0, 0.05) is 29.5 Å². The smallest absolute Gasteiger partial charge is 0.416 e. The van der Waals surface area contributed by atoms with Gasteiger partial charge in [-0.3, -0.25) is 4.98 Å². The summed E-state index contributed by atoms with van der Waals surface area (Å²) in [6.45, 7) is 0. The van der Waals surface area contributed by atoms with E-state index in [0.29, 0.717) is 16.5 Å². The molecule has 5 nitrogen and oxygen atoms in total. The van der Waals surface area contributed by atoms with E-state index in [1.807, 2.05) is 59.5 Å². The lowest BCUT2D eigenvalue weighted by Crippen LogP contribution is -2.30. The van der Waals surface area contributed by atoms with Crippen molar-refractivity contribution < 1.29 is 17.9 Å². The Balaban J connectivity index is 1.64. The molecular weight excluding hydrogens is 473 g/mol. The van der Waals surface area contributed by atoms with Gasteiger partial charge in [0.25, 0.3) is 0 Å². The zero-order valence-electron chi connectivity index (χ0n) is 18.6. The number of hydrogen-bond acceptors (Lipinski definition) is 3. The van der Waals surface area contributed by atoms with Crippen molar-refractivity contribution in [3.8, 4) is 11.4 Å². The SMILES string of the molecule is COc1ccc(N2C(=S)N[C@@H](c3ccccn3)[C@H]2c2cccn2-c2cccc(C(F)(F)F)c2)cc1. The largest absolute Gasteiger partial charge is 0.497 e. The van der Waals surface area contributed by atoms with Crippen molar-refractivity contribution in [3.05, 3.63) is 108 Å². The third-order valence-corrected chi connectivity index (χ3v) is 6.30. The molecule has 1 saturated heterocycles. The number of hydrogen-bond donors (Lipinski definition) is 1. The molecule has 0 bridgehead atoms. The van der Waals surface area contributed by atoms with E-state index in [2.05, 4.69) is 10.3 Å². The molecule has 0 unspecified atom stereocenters. The molecule has 35 heavy (non-hydrogen) atoms. The van der Waals surface area contributed by atoms with Crippen molar-refractivity contribution in [1.29, 1.82) is 0 Å². The first kappa shape index (κ1) is 22.9. The Kier molecular flexibility index (Phi) is 5.94. The Morgan fingerprint density at radius 1 is 0.943 bits per heavy atom. The summed E-state index contributed by atoms with van der Waals surface area (Å²) >= 11 is 5.74. The number of halogens is 3. The molecule has 5 rings (SSSR count). The fourth-order valence-corrected chi connectivity index (χ4v) is 4.72. The van der Waals surface area contributed by atoms with E-state index < -0.39 is 11.7 Å². The van der Waals surface area contributed by atoms with Crippen LogP contribution >= 0.6 is 12.2 Å². The predicted octanol–water partition coefficient (Wildman–Crippen LogP) is 6.08. The molecule has 2 atom stereocenters. The highest BCUT2D eigenvalue weighted by molar-refractivity contribution is 7.80. The average molecular weight is 495 g/mol. The standard InChI is InChI=1S/C26H21F3N4OS/c1-34-20-12-10-18(11-13-20)33-24(23(31-25(33)35)21-8-2-3-14-30-21)22-9-5-15-32(22)19-7-4-6-17(16-19)26(27,28)29/h2-16,23-24H,1H3,(H,31,35)/t23-,24+/m0/s1. The molecule has 1 N–H and O–H groups in total. The van der Waals surface area contributed by atoms with E-state index in [0.717, 1.165) is 29.2 Å². The zero-order valence-corrected chi connectivity index (χ0v) is 19.4. The highest BCUT2D eigenvalue weighted by Crippen LogP contribution is 2.42. The summed E-state index contributed by atoms with van der Waals surface area (Å²) in [5.74, 6) is 0.706. The van der Waals surface area contributed by atoms with Crippen LogP contribution in [0.15, 0.2) is 91.3 Å². The Labute approximate surface area is 205 Å². The molecule has 0 radical (unpaired) electrons. The Bertz CT molecular complexity index is 1340. The maximum Gasteiger partial charge on any atom is 0.416 e. The molecule has 9 heteroatoms. The molecule has 0 aliphatic carbocycles. The minimum atomic E-state index is -4.44. The molecule has 0 saturated carbocycles. The molecule has 2 aromatic heterocycles. The van der Waals surface area contributed by atoms with E-state index in [-0.39, 0.29) is 12.1 Å². The summed E-state index contributed by atoms with van der Waals surface area (Å²) < 4.78 is 47.3. The van der Waals surface area contributed by atoms with Crippen molar-refractivity contribution in [2.45, 2.75) is 18.3 Å². The third kappa shape index (κ3) is 4.35. The van der Waals surface area contributed by atoms with Gasteiger partial charge in [-0.25, -0.2) is 0 Å². The molecular formula is C26H21F3N4OS. The van der Waals surface area contributed by atoms with Gasteiger partial charge in [0.2, 0.25) is 0 Å². The number of ether oxygens (including phenoxy) is 1. The number of pyridine rings is 1. The molecule has 1 fully saturated rings. The van der Waals surface area contributed by atoms with Crippen LogP contribution in [-0.4, -0.2) is 21.8 Å². The molecule has 1 aliphatic rings. The molecule has 4 aromatic rings. The fourth-order valence-electron chi connectivity index (χ4n) is 4.38. The van der Waals surface area contributed by atoms with Crippen LogP contribution in [0.5, 0.6) is 5.75 Å². The van der Waals surface area contributed by atoms with Gasteiger partial charge in [-0.1, -0.05) is 12.1 Å². The molecule has 178 valence electrons. The first-order valence-electron chi connectivity index (χ1n) is 10.9. The third-order valence-electron chi connectivity index (χ3n) is 5.98. The first-order chi connectivity index (χ1) is 16.9. The molecule has 3 heterocycles. The van der Waals surface area contributed by atoms with Crippen LogP contribution < -0.4 is 15.0 Å².